The Morgan fingerprint density at radius 2 is 1.89 bits per heavy atom. The largest absolute Gasteiger partial charge is 0.348 e. The summed E-state index contributed by atoms with van der Waals surface area (Å²) in [7, 11) is 0. The summed E-state index contributed by atoms with van der Waals surface area (Å²) in [6, 6.07) is 11.4. The summed E-state index contributed by atoms with van der Waals surface area (Å²) in [6.07, 6.45) is 1.75. The van der Waals surface area contributed by atoms with Gasteiger partial charge >= 0.3 is 0 Å². The van der Waals surface area contributed by atoms with Gasteiger partial charge in [0.05, 0.1) is 11.7 Å². The molecule has 0 saturated heterocycles. The fourth-order valence-electron chi connectivity index (χ4n) is 3.21. The summed E-state index contributed by atoms with van der Waals surface area (Å²) in [5.41, 5.74) is 4.26. The van der Waals surface area contributed by atoms with Crippen LogP contribution in [0.1, 0.15) is 51.4 Å². The SMILES string of the molecule is Cc1ccn(C(C)c2ccccc2)c(=O)c1C(=O)NCc1c(C)n[nH]c1C. The summed E-state index contributed by atoms with van der Waals surface area (Å²) in [6.45, 7) is 7.85. The van der Waals surface area contributed by atoms with E-state index in [1.807, 2.05) is 57.2 Å². The molecule has 1 unspecified atom stereocenters. The predicted molar refractivity (Wildman–Crippen MR) is 105 cm³/mol. The van der Waals surface area contributed by atoms with E-state index in [9.17, 15) is 9.59 Å². The number of aryl methyl sites for hydroxylation is 3. The van der Waals surface area contributed by atoms with Crippen LogP contribution in [0.2, 0.25) is 0 Å². The van der Waals surface area contributed by atoms with Crippen LogP contribution in [0.4, 0.5) is 0 Å². The number of nitrogens with one attached hydrogen (secondary N) is 2. The number of aromatic amines is 1. The van der Waals surface area contributed by atoms with Crippen molar-refractivity contribution in [2.24, 2.45) is 0 Å². The number of amides is 1. The Morgan fingerprint density at radius 3 is 2.52 bits per heavy atom. The first kappa shape index (κ1) is 18.6. The van der Waals surface area contributed by atoms with E-state index in [1.165, 1.54) is 0 Å². The molecule has 0 bridgehead atoms. The smallest absolute Gasteiger partial charge is 0.264 e. The van der Waals surface area contributed by atoms with Crippen LogP contribution in [0.15, 0.2) is 47.4 Å². The number of hydrogen-bond donors (Lipinski definition) is 2. The molecular weight excluding hydrogens is 340 g/mol. The highest BCUT2D eigenvalue weighted by Gasteiger charge is 2.19. The minimum Gasteiger partial charge on any atom is -0.348 e. The van der Waals surface area contributed by atoms with Crippen LogP contribution in [0, 0.1) is 20.8 Å². The molecule has 0 fully saturated rings. The number of carbonyl (C=O) groups excluding carboxylic acids is 1. The molecule has 27 heavy (non-hydrogen) atoms. The molecular formula is C21H24N4O2. The maximum absolute atomic E-state index is 13.0. The van der Waals surface area contributed by atoms with Crippen LogP contribution in [0.3, 0.4) is 0 Å². The molecule has 2 N–H and O–H groups in total. The van der Waals surface area contributed by atoms with E-state index in [0.717, 1.165) is 22.5 Å². The zero-order chi connectivity index (χ0) is 19.6. The summed E-state index contributed by atoms with van der Waals surface area (Å²) < 4.78 is 1.60. The summed E-state index contributed by atoms with van der Waals surface area (Å²) in [5.74, 6) is -0.368. The molecule has 0 spiro atoms. The van der Waals surface area contributed by atoms with Gasteiger partial charge in [0.15, 0.2) is 0 Å². The lowest BCUT2D eigenvalue weighted by atomic mass is 10.1. The molecule has 0 radical (unpaired) electrons. The van der Waals surface area contributed by atoms with Gasteiger partial charge in [-0.2, -0.15) is 5.10 Å². The number of nitrogens with zero attached hydrogens (tertiary/aromatic N) is 2. The van der Waals surface area contributed by atoms with Crippen molar-refractivity contribution in [3.8, 4) is 0 Å². The van der Waals surface area contributed by atoms with Crippen molar-refractivity contribution >= 4 is 5.91 Å². The molecule has 2 aromatic heterocycles. The van der Waals surface area contributed by atoms with Crippen LogP contribution in [-0.2, 0) is 6.54 Å². The number of benzene rings is 1. The van der Waals surface area contributed by atoms with E-state index in [0.29, 0.717) is 12.1 Å². The second-order valence-electron chi connectivity index (χ2n) is 6.77. The average Bonchev–Trinajstić information content (AvgIpc) is 2.98. The van der Waals surface area contributed by atoms with Gasteiger partial charge in [0.25, 0.3) is 11.5 Å². The third-order valence-electron chi connectivity index (χ3n) is 4.96. The molecule has 1 amide bonds. The van der Waals surface area contributed by atoms with Gasteiger partial charge in [0.2, 0.25) is 0 Å². The number of hydrogen-bond acceptors (Lipinski definition) is 3. The standard InChI is InChI=1S/C21H24N4O2/c1-13-10-11-25(16(4)17-8-6-5-7-9-17)21(27)19(13)20(26)22-12-18-14(2)23-24-15(18)3/h5-11,16H,12H2,1-4H3,(H,22,26)(H,23,24). The lowest BCUT2D eigenvalue weighted by Crippen LogP contribution is -2.35. The molecule has 140 valence electrons. The van der Waals surface area contributed by atoms with Crippen molar-refractivity contribution in [1.29, 1.82) is 0 Å². The maximum atomic E-state index is 13.0. The van der Waals surface area contributed by atoms with Crippen molar-refractivity contribution in [3.05, 3.63) is 86.6 Å². The molecule has 3 rings (SSSR count). The van der Waals surface area contributed by atoms with Crippen LogP contribution in [0.5, 0.6) is 0 Å². The van der Waals surface area contributed by atoms with Gasteiger partial charge in [0, 0.05) is 24.0 Å². The molecule has 6 nitrogen and oxygen atoms in total. The van der Waals surface area contributed by atoms with Gasteiger partial charge in [-0.05, 0) is 44.9 Å². The van der Waals surface area contributed by atoms with Crippen molar-refractivity contribution in [2.45, 2.75) is 40.3 Å². The van der Waals surface area contributed by atoms with Gasteiger partial charge in [-0.3, -0.25) is 14.7 Å². The van der Waals surface area contributed by atoms with Crippen molar-refractivity contribution in [3.63, 3.8) is 0 Å². The summed E-state index contributed by atoms with van der Waals surface area (Å²) in [4.78, 5) is 25.8. The number of carbonyl (C=O) groups is 1. The van der Waals surface area contributed by atoms with Crippen LogP contribution in [-0.4, -0.2) is 20.7 Å². The number of pyridine rings is 1. The van der Waals surface area contributed by atoms with Crippen LogP contribution < -0.4 is 10.9 Å². The lowest BCUT2D eigenvalue weighted by Gasteiger charge is -2.17. The monoisotopic (exact) mass is 364 g/mol. The van der Waals surface area contributed by atoms with E-state index in [4.69, 9.17) is 0 Å². The van der Waals surface area contributed by atoms with E-state index in [1.54, 1.807) is 17.7 Å². The highest BCUT2D eigenvalue weighted by Crippen LogP contribution is 2.16. The molecule has 6 heteroatoms. The number of aromatic nitrogens is 3. The van der Waals surface area contributed by atoms with Crippen LogP contribution in [0.25, 0.3) is 0 Å². The normalized spacial score (nSPS) is 12.0. The fraction of sp³-hybridized carbons (Fsp3) is 0.286. The topological polar surface area (TPSA) is 79.8 Å². The first-order valence-corrected chi connectivity index (χ1v) is 8.95. The van der Waals surface area contributed by atoms with Crippen molar-refractivity contribution in [2.75, 3.05) is 0 Å². The van der Waals surface area contributed by atoms with Crippen molar-refractivity contribution in [1.82, 2.24) is 20.1 Å². The molecule has 3 aromatic rings. The second-order valence-corrected chi connectivity index (χ2v) is 6.77. The Labute approximate surface area is 158 Å². The number of H-pyrrole nitrogens is 1. The summed E-state index contributed by atoms with van der Waals surface area (Å²) in [5, 5.41) is 9.89. The molecule has 2 heterocycles. The van der Waals surface area contributed by atoms with Gasteiger partial charge in [0.1, 0.15) is 5.56 Å². The first-order valence-electron chi connectivity index (χ1n) is 8.95. The summed E-state index contributed by atoms with van der Waals surface area (Å²) >= 11 is 0. The van der Waals surface area contributed by atoms with Crippen molar-refractivity contribution < 1.29 is 4.79 Å². The Balaban J connectivity index is 1.89. The van der Waals surface area contributed by atoms with Gasteiger partial charge < -0.3 is 9.88 Å². The van der Waals surface area contributed by atoms with E-state index < -0.39 is 0 Å². The zero-order valence-electron chi connectivity index (χ0n) is 16.0. The first-order chi connectivity index (χ1) is 12.9. The molecule has 1 atom stereocenters. The third-order valence-corrected chi connectivity index (χ3v) is 4.96. The van der Waals surface area contributed by atoms with Gasteiger partial charge in [-0.1, -0.05) is 30.3 Å². The molecule has 0 aliphatic heterocycles. The number of rotatable bonds is 5. The maximum Gasteiger partial charge on any atom is 0.264 e. The second kappa shape index (κ2) is 7.61. The zero-order valence-corrected chi connectivity index (χ0v) is 16.0. The third kappa shape index (κ3) is 3.69. The minimum atomic E-state index is -0.368. The Kier molecular flexibility index (Phi) is 5.26. The lowest BCUT2D eigenvalue weighted by molar-refractivity contribution is 0.0948. The molecule has 0 aliphatic carbocycles. The molecule has 1 aromatic carbocycles. The van der Waals surface area contributed by atoms with E-state index in [-0.39, 0.29) is 23.1 Å². The Morgan fingerprint density at radius 1 is 1.19 bits per heavy atom. The average molecular weight is 364 g/mol. The fourth-order valence-corrected chi connectivity index (χ4v) is 3.21. The molecule has 0 saturated carbocycles. The quantitative estimate of drug-likeness (QED) is 0.730. The minimum absolute atomic E-state index is 0.163. The Hall–Kier alpha value is -3.15. The van der Waals surface area contributed by atoms with E-state index >= 15 is 0 Å². The predicted octanol–water partition coefficient (Wildman–Crippen LogP) is 3.04. The van der Waals surface area contributed by atoms with Gasteiger partial charge in [-0.25, -0.2) is 0 Å². The molecule has 0 aliphatic rings. The Bertz CT molecular complexity index is 999. The van der Waals surface area contributed by atoms with Gasteiger partial charge in [-0.15, -0.1) is 0 Å². The van der Waals surface area contributed by atoms with Crippen LogP contribution >= 0.6 is 0 Å². The van der Waals surface area contributed by atoms with E-state index in [2.05, 4.69) is 15.5 Å². The highest BCUT2D eigenvalue weighted by atomic mass is 16.2. The highest BCUT2D eigenvalue weighted by molar-refractivity contribution is 5.95.